The Kier molecular flexibility index (Phi) is 9.82. The second kappa shape index (κ2) is 13.6. The van der Waals surface area contributed by atoms with E-state index in [0.717, 1.165) is 68.2 Å². The fourth-order valence-electron chi connectivity index (χ4n) is 6.77. The second-order valence-electron chi connectivity index (χ2n) is 12.8. The predicted molar refractivity (Wildman–Crippen MR) is 167 cm³/mol. The Morgan fingerprint density at radius 1 is 1.14 bits per heavy atom. The van der Waals surface area contributed by atoms with E-state index in [4.69, 9.17) is 4.74 Å². The zero-order valence-corrected chi connectivity index (χ0v) is 26.2. The number of likely N-dealkylation sites (tertiary alicyclic amines) is 1. The number of aryl methyl sites for hydroxylation is 1. The lowest BCUT2D eigenvalue weighted by Gasteiger charge is -2.42. The highest BCUT2D eigenvalue weighted by molar-refractivity contribution is 5.99. The van der Waals surface area contributed by atoms with E-state index < -0.39 is 5.82 Å². The maximum atomic E-state index is 14.4. The number of amides is 2. The largest absolute Gasteiger partial charge is 0.383 e. The maximum Gasteiger partial charge on any atom is 0.256 e. The van der Waals surface area contributed by atoms with Crippen LogP contribution in [-0.4, -0.2) is 84.2 Å². The molecular formula is C34H46FN5O3. The Labute approximate surface area is 254 Å². The minimum Gasteiger partial charge on any atom is -0.383 e. The second-order valence-corrected chi connectivity index (χ2v) is 12.8. The molecule has 1 saturated carbocycles. The summed E-state index contributed by atoms with van der Waals surface area (Å²) >= 11 is 0. The molecule has 2 aromatic heterocycles. The number of nitrogens with zero attached hydrogens (tertiary/aromatic N) is 4. The number of carbonyl (C=O) groups excluding carboxylic acids is 2. The molecule has 1 saturated heterocycles. The Bertz CT molecular complexity index is 1440. The highest BCUT2D eigenvalue weighted by atomic mass is 19.1. The molecule has 43 heavy (non-hydrogen) atoms. The van der Waals surface area contributed by atoms with Crippen molar-refractivity contribution in [3.8, 4) is 5.69 Å². The number of fused-ring (bicyclic) bond motifs is 1. The zero-order chi connectivity index (χ0) is 30.7. The average Bonchev–Trinajstić information content (AvgIpc) is 3.34. The number of pyridine rings is 1. The first kappa shape index (κ1) is 31.1. The van der Waals surface area contributed by atoms with E-state index in [1.165, 1.54) is 17.7 Å². The maximum absolute atomic E-state index is 14.4. The molecule has 1 aliphatic heterocycles. The molecule has 0 atom stereocenters. The SMILES string of the molecule is COCCNC(=O)C1CCC(CN2CC(Cc3cn(-c4ccc(F)cc4C(=O)N(C)C(C)C)c4cncc(C)c34)C2)CC1. The number of benzene rings is 1. The molecule has 0 unspecified atom stereocenters. The number of carbonyl (C=O) groups is 2. The van der Waals surface area contributed by atoms with E-state index in [-0.39, 0.29) is 23.8 Å². The van der Waals surface area contributed by atoms with Crippen LogP contribution in [0.1, 0.15) is 61.0 Å². The molecule has 232 valence electrons. The summed E-state index contributed by atoms with van der Waals surface area (Å²) in [7, 11) is 3.40. The van der Waals surface area contributed by atoms with Crippen LogP contribution < -0.4 is 5.32 Å². The van der Waals surface area contributed by atoms with Crippen LogP contribution in [0.2, 0.25) is 0 Å². The number of rotatable bonds is 11. The van der Waals surface area contributed by atoms with E-state index in [9.17, 15) is 14.0 Å². The van der Waals surface area contributed by atoms with Gasteiger partial charge in [0, 0.05) is 70.1 Å². The van der Waals surface area contributed by atoms with Gasteiger partial charge in [-0.05, 0) is 94.0 Å². The molecule has 2 aliphatic rings. The summed E-state index contributed by atoms with van der Waals surface area (Å²) in [6.45, 7) is 10.3. The van der Waals surface area contributed by atoms with Crippen molar-refractivity contribution in [2.75, 3.05) is 46.9 Å². The molecule has 3 aromatic rings. The lowest BCUT2D eigenvalue weighted by atomic mass is 9.80. The van der Waals surface area contributed by atoms with Crippen LogP contribution >= 0.6 is 0 Å². The van der Waals surface area contributed by atoms with Gasteiger partial charge in [0.15, 0.2) is 0 Å². The van der Waals surface area contributed by atoms with Crippen LogP contribution in [0.4, 0.5) is 4.39 Å². The molecule has 1 N–H and O–H groups in total. The van der Waals surface area contributed by atoms with Crippen LogP contribution in [0.5, 0.6) is 0 Å². The summed E-state index contributed by atoms with van der Waals surface area (Å²) in [6, 6.07) is 4.45. The summed E-state index contributed by atoms with van der Waals surface area (Å²) < 4.78 is 21.4. The van der Waals surface area contributed by atoms with Crippen molar-refractivity contribution >= 4 is 22.7 Å². The highest BCUT2D eigenvalue weighted by Gasteiger charge is 2.33. The van der Waals surface area contributed by atoms with Crippen LogP contribution in [0.3, 0.4) is 0 Å². The number of nitrogens with one attached hydrogen (secondary N) is 1. The van der Waals surface area contributed by atoms with Gasteiger partial charge in [-0.2, -0.15) is 0 Å². The fourth-order valence-corrected chi connectivity index (χ4v) is 6.77. The average molecular weight is 592 g/mol. The van der Waals surface area contributed by atoms with E-state index in [1.807, 2.05) is 30.8 Å². The molecule has 2 amide bonds. The summed E-state index contributed by atoms with van der Waals surface area (Å²) in [5, 5.41) is 4.16. The molecule has 8 nitrogen and oxygen atoms in total. The highest BCUT2D eigenvalue weighted by Crippen LogP contribution is 2.34. The topological polar surface area (TPSA) is 79.7 Å². The number of aromatic nitrogens is 2. The van der Waals surface area contributed by atoms with Crippen molar-refractivity contribution in [3.05, 3.63) is 59.3 Å². The monoisotopic (exact) mass is 591 g/mol. The molecule has 0 bridgehead atoms. The van der Waals surface area contributed by atoms with Crippen molar-refractivity contribution in [1.82, 2.24) is 24.7 Å². The van der Waals surface area contributed by atoms with E-state index in [0.29, 0.717) is 36.2 Å². The molecular weight excluding hydrogens is 545 g/mol. The number of ether oxygens (including phenoxy) is 1. The number of halogens is 1. The number of methoxy groups -OCH3 is 1. The van der Waals surface area contributed by atoms with Crippen molar-refractivity contribution in [3.63, 3.8) is 0 Å². The van der Waals surface area contributed by atoms with Crippen LogP contribution in [0.25, 0.3) is 16.6 Å². The minimum absolute atomic E-state index is 0.00770. The van der Waals surface area contributed by atoms with E-state index >= 15 is 0 Å². The van der Waals surface area contributed by atoms with Gasteiger partial charge in [0.1, 0.15) is 5.82 Å². The Hall–Kier alpha value is -3.30. The fraction of sp³-hybridized carbons (Fsp3) is 0.559. The zero-order valence-electron chi connectivity index (χ0n) is 26.2. The van der Waals surface area contributed by atoms with Gasteiger partial charge in [0.2, 0.25) is 5.91 Å². The third-order valence-corrected chi connectivity index (χ3v) is 9.41. The van der Waals surface area contributed by atoms with Crippen LogP contribution in [0.15, 0.2) is 36.8 Å². The number of hydrogen-bond acceptors (Lipinski definition) is 5. The normalized spacial score (nSPS) is 19.5. The Morgan fingerprint density at radius 2 is 1.88 bits per heavy atom. The lowest BCUT2D eigenvalue weighted by Crippen LogP contribution is -2.49. The van der Waals surface area contributed by atoms with Gasteiger partial charge in [-0.25, -0.2) is 4.39 Å². The summed E-state index contributed by atoms with van der Waals surface area (Å²) in [5.74, 6) is 0.879. The van der Waals surface area contributed by atoms with Gasteiger partial charge in [0.25, 0.3) is 5.91 Å². The van der Waals surface area contributed by atoms with Crippen molar-refractivity contribution < 1.29 is 18.7 Å². The summed E-state index contributed by atoms with van der Waals surface area (Å²) in [5.41, 5.74) is 4.28. The Morgan fingerprint density at radius 3 is 2.58 bits per heavy atom. The molecule has 3 heterocycles. The molecule has 1 aromatic carbocycles. The van der Waals surface area contributed by atoms with Gasteiger partial charge in [-0.1, -0.05) is 0 Å². The molecule has 5 rings (SSSR count). The third kappa shape index (κ3) is 6.93. The molecule has 9 heteroatoms. The van der Waals surface area contributed by atoms with Crippen molar-refractivity contribution in [2.45, 2.75) is 58.9 Å². The van der Waals surface area contributed by atoms with E-state index in [1.54, 1.807) is 25.1 Å². The third-order valence-electron chi connectivity index (χ3n) is 9.41. The van der Waals surface area contributed by atoms with Gasteiger partial charge >= 0.3 is 0 Å². The standard InChI is InChI=1S/C34H46FN5O3/c1-22(2)38(4)34(42)29-15-28(35)10-11-30(29)40-21-27(32-23(3)16-36-17-31(32)40)14-25-19-39(20-25)18-24-6-8-26(9-7-24)33(41)37-12-13-43-5/h10-11,15-17,21-22,24-26H,6-9,12-14,18-20H2,1-5H3,(H,37,41). The van der Waals surface area contributed by atoms with Crippen molar-refractivity contribution in [2.24, 2.45) is 17.8 Å². The van der Waals surface area contributed by atoms with Gasteiger partial charge < -0.3 is 24.4 Å². The summed E-state index contributed by atoms with van der Waals surface area (Å²) in [4.78, 5) is 34.4. The molecule has 0 radical (unpaired) electrons. The quantitative estimate of drug-likeness (QED) is 0.318. The predicted octanol–water partition coefficient (Wildman–Crippen LogP) is 5.00. The van der Waals surface area contributed by atoms with Crippen LogP contribution in [0, 0.1) is 30.5 Å². The van der Waals surface area contributed by atoms with Gasteiger partial charge in [-0.3, -0.25) is 14.6 Å². The van der Waals surface area contributed by atoms with Gasteiger partial charge in [-0.15, -0.1) is 0 Å². The minimum atomic E-state index is -0.427. The lowest BCUT2D eigenvalue weighted by molar-refractivity contribution is -0.126. The van der Waals surface area contributed by atoms with Crippen molar-refractivity contribution in [1.29, 1.82) is 0 Å². The first-order chi connectivity index (χ1) is 20.7. The first-order valence-electron chi connectivity index (χ1n) is 15.7. The van der Waals surface area contributed by atoms with Gasteiger partial charge in [0.05, 0.1) is 29.6 Å². The smallest absolute Gasteiger partial charge is 0.256 e. The molecule has 0 spiro atoms. The molecule has 1 aliphatic carbocycles. The Balaban J connectivity index is 1.25. The molecule has 2 fully saturated rings. The van der Waals surface area contributed by atoms with Crippen LogP contribution in [-0.2, 0) is 16.0 Å². The first-order valence-corrected chi connectivity index (χ1v) is 15.7. The van der Waals surface area contributed by atoms with E-state index in [2.05, 4.69) is 28.3 Å². The number of hydrogen-bond donors (Lipinski definition) is 1. The summed E-state index contributed by atoms with van der Waals surface area (Å²) in [6.07, 6.45) is 10.9.